The minimum absolute atomic E-state index is 0.297. The van der Waals surface area contributed by atoms with Crippen molar-refractivity contribution in [2.45, 2.75) is 33.4 Å². The minimum Gasteiger partial charge on any atom is -0.304 e. The Bertz CT molecular complexity index is 500. The zero-order valence-corrected chi connectivity index (χ0v) is 11.5. The number of thiazole rings is 1. The quantitative estimate of drug-likeness (QED) is 0.905. The summed E-state index contributed by atoms with van der Waals surface area (Å²) in [5, 5.41) is 11.0. The van der Waals surface area contributed by atoms with Gasteiger partial charge in [0.1, 0.15) is 0 Å². The van der Waals surface area contributed by atoms with Crippen molar-refractivity contribution in [3.63, 3.8) is 0 Å². The molecule has 0 saturated carbocycles. The van der Waals surface area contributed by atoms with E-state index in [9.17, 15) is 0 Å². The van der Waals surface area contributed by atoms with Gasteiger partial charge in [-0.2, -0.15) is 5.10 Å². The molecular formula is C12H18N4S. The lowest BCUT2D eigenvalue weighted by atomic mass is 10.1. The molecule has 0 spiro atoms. The standard InChI is InChI=1S/C12H18N4S/c1-8(12-6-16(4)15-9(12)2)13-5-11-7-17-10(3)14-11/h6-8,13H,5H2,1-4H3. The fraction of sp³-hybridized carbons (Fsp3) is 0.500. The third-order valence-corrected chi connectivity index (χ3v) is 3.60. The Hall–Kier alpha value is -1.20. The molecule has 1 atom stereocenters. The summed E-state index contributed by atoms with van der Waals surface area (Å²) in [5.74, 6) is 0. The van der Waals surface area contributed by atoms with E-state index in [0.717, 1.165) is 22.9 Å². The number of hydrogen-bond donors (Lipinski definition) is 1. The van der Waals surface area contributed by atoms with Crippen LogP contribution in [-0.4, -0.2) is 14.8 Å². The second-order valence-electron chi connectivity index (χ2n) is 4.30. The highest BCUT2D eigenvalue weighted by Gasteiger charge is 2.11. The Morgan fingerprint density at radius 3 is 2.76 bits per heavy atom. The zero-order valence-electron chi connectivity index (χ0n) is 10.7. The molecule has 4 nitrogen and oxygen atoms in total. The fourth-order valence-corrected chi connectivity index (χ4v) is 2.51. The Morgan fingerprint density at radius 1 is 1.47 bits per heavy atom. The van der Waals surface area contributed by atoms with Gasteiger partial charge in [0, 0.05) is 36.8 Å². The van der Waals surface area contributed by atoms with Crippen molar-refractivity contribution in [1.29, 1.82) is 0 Å². The number of nitrogens with zero attached hydrogens (tertiary/aromatic N) is 3. The molecule has 2 heterocycles. The molecule has 0 saturated heterocycles. The Kier molecular flexibility index (Phi) is 3.59. The average molecular weight is 250 g/mol. The maximum absolute atomic E-state index is 4.44. The lowest BCUT2D eigenvalue weighted by Gasteiger charge is -2.11. The van der Waals surface area contributed by atoms with Crippen LogP contribution in [0.1, 0.15) is 34.9 Å². The van der Waals surface area contributed by atoms with Crippen molar-refractivity contribution in [2.75, 3.05) is 0 Å². The SMILES string of the molecule is Cc1nc(CNC(C)c2cn(C)nc2C)cs1. The molecule has 2 aromatic rings. The van der Waals surface area contributed by atoms with Crippen LogP contribution in [0.4, 0.5) is 0 Å². The summed E-state index contributed by atoms with van der Waals surface area (Å²) in [5.41, 5.74) is 3.45. The van der Waals surface area contributed by atoms with E-state index in [1.54, 1.807) is 11.3 Å². The Morgan fingerprint density at radius 2 is 2.24 bits per heavy atom. The summed E-state index contributed by atoms with van der Waals surface area (Å²) >= 11 is 1.69. The molecule has 0 aliphatic rings. The lowest BCUT2D eigenvalue weighted by molar-refractivity contribution is 0.566. The molecule has 0 amide bonds. The van der Waals surface area contributed by atoms with Crippen LogP contribution in [0.2, 0.25) is 0 Å². The van der Waals surface area contributed by atoms with Crippen LogP contribution < -0.4 is 5.32 Å². The second kappa shape index (κ2) is 4.98. The van der Waals surface area contributed by atoms with Crippen LogP contribution in [0.15, 0.2) is 11.6 Å². The first-order chi connectivity index (χ1) is 8.06. The second-order valence-corrected chi connectivity index (χ2v) is 5.37. The van der Waals surface area contributed by atoms with Gasteiger partial charge in [0.2, 0.25) is 0 Å². The topological polar surface area (TPSA) is 42.7 Å². The normalized spacial score (nSPS) is 12.9. The van der Waals surface area contributed by atoms with Gasteiger partial charge in [-0.1, -0.05) is 0 Å². The van der Waals surface area contributed by atoms with Crippen molar-refractivity contribution in [3.8, 4) is 0 Å². The molecule has 0 aliphatic carbocycles. The maximum atomic E-state index is 4.44. The number of rotatable bonds is 4. The van der Waals surface area contributed by atoms with Crippen LogP contribution in [0.25, 0.3) is 0 Å². The van der Waals surface area contributed by atoms with Gasteiger partial charge in [0.25, 0.3) is 0 Å². The molecule has 1 N–H and O–H groups in total. The molecule has 0 bridgehead atoms. The number of nitrogens with one attached hydrogen (secondary N) is 1. The third-order valence-electron chi connectivity index (χ3n) is 2.77. The molecule has 0 fully saturated rings. The summed E-state index contributed by atoms with van der Waals surface area (Å²) in [7, 11) is 1.95. The summed E-state index contributed by atoms with van der Waals surface area (Å²) in [6.07, 6.45) is 2.07. The summed E-state index contributed by atoms with van der Waals surface area (Å²) in [4.78, 5) is 4.44. The van der Waals surface area contributed by atoms with Gasteiger partial charge in [0.15, 0.2) is 0 Å². The van der Waals surface area contributed by atoms with Crippen LogP contribution >= 0.6 is 11.3 Å². The van der Waals surface area contributed by atoms with E-state index in [1.807, 2.05) is 25.6 Å². The molecule has 1 unspecified atom stereocenters. The van der Waals surface area contributed by atoms with Gasteiger partial charge in [-0.3, -0.25) is 4.68 Å². The van der Waals surface area contributed by atoms with E-state index < -0.39 is 0 Å². The third kappa shape index (κ3) is 2.92. The summed E-state index contributed by atoms with van der Waals surface area (Å²) < 4.78 is 1.86. The van der Waals surface area contributed by atoms with E-state index >= 15 is 0 Å². The first-order valence-electron chi connectivity index (χ1n) is 5.71. The number of hydrogen-bond acceptors (Lipinski definition) is 4. The van der Waals surface area contributed by atoms with Gasteiger partial charge in [-0.25, -0.2) is 4.98 Å². The minimum atomic E-state index is 0.297. The van der Waals surface area contributed by atoms with Crippen molar-refractivity contribution in [2.24, 2.45) is 7.05 Å². The van der Waals surface area contributed by atoms with Crippen molar-refractivity contribution >= 4 is 11.3 Å². The van der Waals surface area contributed by atoms with Crippen LogP contribution in [0.3, 0.4) is 0 Å². The van der Waals surface area contributed by atoms with Crippen LogP contribution in [0.5, 0.6) is 0 Å². The first kappa shape index (κ1) is 12.3. The van der Waals surface area contributed by atoms with Gasteiger partial charge in [0.05, 0.1) is 16.4 Å². The maximum Gasteiger partial charge on any atom is 0.0897 e. The molecule has 17 heavy (non-hydrogen) atoms. The van der Waals surface area contributed by atoms with Crippen LogP contribution in [-0.2, 0) is 13.6 Å². The predicted octanol–water partition coefficient (Wildman–Crippen LogP) is 2.34. The van der Waals surface area contributed by atoms with Crippen molar-refractivity contribution in [1.82, 2.24) is 20.1 Å². The Balaban J connectivity index is 1.97. The highest BCUT2D eigenvalue weighted by molar-refractivity contribution is 7.09. The van der Waals surface area contributed by atoms with E-state index in [-0.39, 0.29) is 0 Å². The zero-order chi connectivity index (χ0) is 12.4. The number of aromatic nitrogens is 3. The fourth-order valence-electron chi connectivity index (χ4n) is 1.90. The molecular weight excluding hydrogens is 232 g/mol. The van der Waals surface area contributed by atoms with Gasteiger partial charge in [-0.05, 0) is 20.8 Å². The highest BCUT2D eigenvalue weighted by Crippen LogP contribution is 2.16. The monoisotopic (exact) mass is 250 g/mol. The molecule has 92 valence electrons. The summed E-state index contributed by atoms with van der Waals surface area (Å²) in [6, 6.07) is 0.297. The molecule has 0 radical (unpaired) electrons. The molecule has 0 aliphatic heterocycles. The Labute approximate surface area is 106 Å². The van der Waals surface area contributed by atoms with E-state index in [4.69, 9.17) is 0 Å². The largest absolute Gasteiger partial charge is 0.304 e. The number of aryl methyl sites for hydroxylation is 3. The average Bonchev–Trinajstić information content (AvgIpc) is 2.81. The molecule has 2 rings (SSSR count). The smallest absolute Gasteiger partial charge is 0.0897 e. The highest BCUT2D eigenvalue weighted by atomic mass is 32.1. The molecule has 2 aromatic heterocycles. The van der Waals surface area contributed by atoms with Gasteiger partial charge < -0.3 is 5.32 Å². The van der Waals surface area contributed by atoms with Crippen LogP contribution in [0, 0.1) is 13.8 Å². The van der Waals surface area contributed by atoms with Gasteiger partial charge >= 0.3 is 0 Å². The van der Waals surface area contributed by atoms with Gasteiger partial charge in [-0.15, -0.1) is 11.3 Å². The van der Waals surface area contributed by atoms with E-state index in [2.05, 4.69) is 33.9 Å². The van der Waals surface area contributed by atoms with Crippen molar-refractivity contribution < 1.29 is 0 Å². The summed E-state index contributed by atoms with van der Waals surface area (Å²) in [6.45, 7) is 7.03. The predicted molar refractivity (Wildman–Crippen MR) is 70.1 cm³/mol. The van der Waals surface area contributed by atoms with Crippen molar-refractivity contribution in [3.05, 3.63) is 33.5 Å². The van der Waals surface area contributed by atoms with E-state index in [0.29, 0.717) is 6.04 Å². The van der Waals surface area contributed by atoms with E-state index in [1.165, 1.54) is 5.56 Å². The first-order valence-corrected chi connectivity index (χ1v) is 6.58. The molecule has 5 heteroatoms. The molecule has 0 aromatic carbocycles. The lowest BCUT2D eigenvalue weighted by Crippen LogP contribution is -2.18.